The number of ether oxygens (including phenoxy) is 1. The van der Waals surface area contributed by atoms with Gasteiger partial charge in [0, 0.05) is 12.5 Å². The molecule has 3 rings (SSSR count). The van der Waals surface area contributed by atoms with E-state index in [9.17, 15) is 23.3 Å². The normalized spacial score (nSPS) is 25.8. The molecular formula is C25H38N2O6S. The number of nitro benzene ring substituents is 1. The van der Waals surface area contributed by atoms with Crippen LogP contribution in [0, 0.1) is 15.5 Å². The largest absolute Gasteiger partial charge is 0.359 e. The van der Waals surface area contributed by atoms with Gasteiger partial charge in [0.05, 0.1) is 23.0 Å². The Morgan fingerprint density at radius 2 is 1.79 bits per heavy atom. The number of hydrogen-bond acceptors (Lipinski definition) is 6. The number of benzene rings is 1. The number of para-hydroxylation sites is 1. The van der Waals surface area contributed by atoms with Crippen molar-refractivity contribution in [2.45, 2.75) is 108 Å². The van der Waals surface area contributed by atoms with Crippen molar-refractivity contribution in [3.8, 4) is 0 Å². The summed E-state index contributed by atoms with van der Waals surface area (Å²) < 4.78 is 35.1. The quantitative estimate of drug-likeness (QED) is 0.201. The summed E-state index contributed by atoms with van der Waals surface area (Å²) in [6.07, 6.45) is 9.65. The Hall–Kier alpha value is -1.84. The minimum Gasteiger partial charge on any atom is -0.359 e. The van der Waals surface area contributed by atoms with E-state index in [-0.39, 0.29) is 17.3 Å². The fourth-order valence-corrected chi connectivity index (χ4v) is 7.50. The fourth-order valence-electron chi connectivity index (χ4n) is 5.50. The summed E-state index contributed by atoms with van der Waals surface area (Å²) in [7, 11) is -4.25. The highest BCUT2D eigenvalue weighted by atomic mass is 32.2. The maximum absolute atomic E-state index is 13.9. The molecule has 3 atom stereocenters. The molecule has 0 bridgehead atoms. The number of carbonyl (C=O) groups is 1. The van der Waals surface area contributed by atoms with Crippen LogP contribution in [0.3, 0.4) is 0 Å². The summed E-state index contributed by atoms with van der Waals surface area (Å²) >= 11 is 0. The van der Waals surface area contributed by atoms with Crippen molar-refractivity contribution < 1.29 is 22.9 Å². The summed E-state index contributed by atoms with van der Waals surface area (Å²) in [5.41, 5.74) is -1.34. The number of Topliss-reactive ketones (excluding diaryl/α,β-unsaturated/α-hetero) is 1. The predicted octanol–water partition coefficient (Wildman–Crippen LogP) is 5.60. The molecule has 0 spiro atoms. The van der Waals surface area contributed by atoms with Crippen molar-refractivity contribution in [3.63, 3.8) is 0 Å². The third-order valence-corrected chi connectivity index (χ3v) is 9.35. The summed E-state index contributed by atoms with van der Waals surface area (Å²) in [6, 6.07) is 4.95. The average Bonchev–Trinajstić information content (AvgIpc) is 3.43. The van der Waals surface area contributed by atoms with Gasteiger partial charge in [-0.05, 0) is 31.7 Å². The molecule has 1 heterocycles. The Labute approximate surface area is 203 Å². The van der Waals surface area contributed by atoms with Gasteiger partial charge in [-0.1, -0.05) is 70.9 Å². The SMILES string of the molecule is CCCCCCCCC[C@@]1([C@H]2OC[C@@H](CC)N2S(=O)(=O)c2ccccc2[N+](=O)[O-])CCCC1=O. The van der Waals surface area contributed by atoms with Gasteiger partial charge in [0.25, 0.3) is 15.7 Å². The van der Waals surface area contributed by atoms with E-state index in [0.29, 0.717) is 32.1 Å². The van der Waals surface area contributed by atoms with E-state index in [4.69, 9.17) is 4.74 Å². The first-order valence-electron chi connectivity index (χ1n) is 12.7. The monoisotopic (exact) mass is 494 g/mol. The van der Waals surface area contributed by atoms with Gasteiger partial charge < -0.3 is 4.74 Å². The van der Waals surface area contributed by atoms with Gasteiger partial charge in [-0.15, -0.1) is 0 Å². The van der Waals surface area contributed by atoms with Crippen LogP contribution >= 0.6 is 0 Å². The number of nitrogens with zero attached hydrogens (tertiary/aromatic N) is 2. The van der Waals surface area contributed by atoms with Crippen LogP contribution in [-0.2, 0) is 19.6 Å². The van der Waals surface area contributed by atoms with Crippen LogP contribution in [0.5, 0.6) is 0 Å². The average molecular weight is 495 g/mol. The van der Waals surface area contributed by atoms with Gasteiger partial charge in [-0.2, -0.15) is 4.31 Å². The van der Waals surface area contributed by atoms with Crippen LogP contribution < -0.4 is 0 Å². The molecule has 1 aromatic rings. The number of sulfonamides is 1. The van der Waals surface area contributed by atoms with Crippen LogP contribution in [0.1, 0.15) is 90.9 Å². The number of unbranched alkanes of at least 4 members (excludes halogenated alkanes) is 6. The number of nitro groups is 1. The summed E-state index contributed by atoms with van der Waals surface area (Å²) in [4.78, 5) is 23.8. The maximum Gasteiger partial charge on any atom is 0.289 e. The predicted molar refractivity (Wildman–Crippen MR) is 130 cm³/mol. The molecule has 190 valence electrons. The molecule has 1 aliphatic carbocycles. The smallest absolute Gasteiger partial charge is 0.289 e. The van der Waals surface area contributed by atoms with Gasteiger partial charge in [-0.3, -0.25) is 14.9 Å². The van der Waals surface area contributed by atoms with Crippen LogP contribution in [0.2, 0.25) is 0 Å². The zero-order valence-corrected chi connectivity index (χ0v) is 21.2. The second-order valence-corrected chi connectivity index (χ2v) is 11.4. The van der Waals surface area contributed by atoms with Gasteiger partial charge >= 0.3 is 0 Å². The molecule has 0 amide bonds. The van der Waals surface area contributed by atoms with Crippen LogP contribution in [-0.4, -0.2) is 42.3 Å². The molecular weight excluding hydrogens is 456 g/mol. The van der Waals surface area contributed by atoms with E-state index >= 15 is 0 Å². The Morgan fingerprint density at radius 1 is 1.12 bits per heavy atom. The molecule has 0 unspecified atom stereocenters. The van der Waals surface area contributed by atoms with Crippen LogP contribution in [0.4, 0.5) is 5.69 Å². The van der Waals surface area contributed by atoms with E-state index in [1.54, 1.807) is 0 Å². The zero-order chi connectivity index (χ0) is 24.8. The molecule has 0 aromatic heterocycles. The van der Waals surface area contributed by atoms with Gasteiger partial charge in [-0.25, -0.2) is 8.42 Å². The van der Waals surface area contributed by atoms with E-state index < -0.39 is 38.3 Å². The van der Waals surface area contributed by atoms with Crippen molar-refractivity contribution in [3.05, 3.63) is 34.4 Å². The van der Waals surface area contributed by atoms with Crippen molar-refractivity contribution in [1.29, 1.82) is 0 Å². The second kappa shape index (κ2) is 11.7. The topological polar surface area (TPSA) is 107 Å². The third kappa shape index (κ3) is 5.36. The van der Waals surface area contributed by atoms with Crippen molar-refractivity contribution in [1.82, 2.24) is 4.31 Å². The highest BCUT2D eigenvalue weighted by molar-refractivity contribution is 7.89. The Morgan fingerprint density at radius 3 is 2.41 bits per heavy atom. The van der Waals surface area contributed by atoms with Gasteiger partial charge in [0.15, 0.2) is 4.90 Å². The molecule has 1 aliphatic heterocycles. The third-order valence-electron chi connectivity index (χ3n) is 7.41. The molecule has 1 saturated heterocycles. The molecule has 2 aliphatic rings. The fraction of sp³-hybridized carbons (Fsp3) is 0.720. The van der Waals surface area contributed by atoms with Crippen molar-refractivity contribution in [2.75, 3.05) is 6.61 Å². The molecule has 8 nitrogen and oxygen atoms in total. The number of rotatable bonds is 13. The highest BCUT2D eigenvalue weighted by Crippen LogP contribution is 2.49. The van der Waals surface area contributed by atoms with Crippen LogP contribution in [0.25, 0.3) is 0 Å². The lowest BCUT2D eigenvalue weighted by Gasteiger charge is -2.38. The van der Waals surface area contributed by atoms with Gasteiger partial charge in [0.1, 0.15) is 12.0 Å². The second-order valence-electron chi connectivity index (χ2n) is 9.61. The summed E-state index contributed by atoms with van der Waals surface area (Å²) in [5, 5.41) is 11.6. The Balaban J connectivity index is 1.89. The minimum absolute atomic E-state index is 0.0583. The van der Waals surface area contributed by atoms with Gasteiger partial charge in [0.2, 0.25) is 0 Å². The van der Waals surface area contributed by atoms with Crippen molar-refractivity contribution in [2.24, 2.45) is 5.41 Å². The maximum atomic E-state index is 13.9. The lowest BCUT2D eigenvalue weighted by Crippen LogP contribution is -2.52. The molecule has 0 radical (unpaired) electrons. The molecule has 9 heteroatoms. The highest BCUT2D eigenvalue weighted by Gasteiger charge is 2.58. The summed E-state index contributed by atoms with van der Waals surface area (Å²) in [6.45, 7) is 4.25. The number of ketones is 1. The minimum atomic E-state index is -4.25. The standard InChI is InChI=1S/C25H38N2O6S/c1-3-5-6-7-8-9-12-17-25(18-13-16-23(25)28)24-26(20(4-2)19-33-24)34(31,32)22-15-11-10-14-21(22)27(29)30/h10-11,14-15,20,24H,3-9,12-13,16-19H2,1-2H3/t20-,24-,25-/m1/s1. The first-order valence-corrected chi connectivity index (χ1v) is 14.2. The Bertz CT molecular complexity index is 966. The van der Waals surface area contributed by atoms with Crippen LogP contribution in [0.15, 0.2) is 29.2 Å². The lowest BCUT2D eigenvalue weighted by atomic mass is 9.78. The van der Waals surface area contributed by atoms with E-state index in [1.807, 2.05) is 6.92 Å². The number of hydrogen-bond donors (Lipinski definition) is 0. The van der Waals surface area contributed by atoms with E-state index in [1.165, 1.54) is 54.3 Å². The molecule has 34 heavy (non-hydrogen) atoms. The molecule has 1 saturated carbocycles. The summed E-state index contributed by atoms with van der Waals surface area (Å²) in [5.74, 6) is 0.0583. The molecule has 2 fully saturated rings. The van der Waals surface area contributed by atoms with E-state index in [0.717, 1.165) is 19.3 Å². The lowest BCUT2D eigenvalue weighted by molar-refractivity contribution is -0.387. The molecule has 1 aromatic carbocycles. The molecule has 0 N–H and O–H groups in total. The first kappa shape index (κ1) is 26.8. The van der Waals surface area contributed by atoms with E-state index in [2.05, 4.69) is 6.92 Å². The first-order chi connectivity index (χ1) is 16.3. The Kier molecular flexibility index (Phi) is 9.23. The zero-order valence-electron chi connectivity index (χ0n) is 20.4. The number of carbonyl (C=O) groups excluding carboxylic acids is 1. The van der Waals surface area contributed by atoms with Crippen molar-refractivity contribution >= 4 is 21.5 Å².